The summed E-state index contributed by atoms with van der Waals surface area (Å²) in [6, 6.07) is 4.47. The minimum absolute atomic E-state index is 0.0614. The number of rotatable bonds is 7. The van der Waals surface area contributed by atoms with E-state index >= 15 is 0 Å². The van der Waals surface area contributed by atoms with Crippen molar-refractivity contribution >= 4 is 22.6 Å². The number of aliphatic imine (C=N–C) groups is 1. The van der Waals surface area contributed by atoms with Gasteiger partial charge in [-0.15, -0.1) is 0 Å². The monoisotopic (exact) mass is 419 g/mol. The number of thioether (sulfide) groups is 1. The van der Waals surface area contributed by atoms with Crippen LogP contribution in [0.4, 0.5) is 4.39 Å². The number of nitrogens with one attached hydrogen (secondary N) is 2. The van der Waals surface area contributed by atoms with Crippen LogP contribution in [0.5, 0.6) is 0 Å². The van der Waals surface area contributed by atoms with E-state index in [4.69, 9.17) is 16.9 Å². The molecule has 8 heteroatoms. The molecule has 0 aliphatic carbocycles. The van der Waals surface area contributed by atoms with Crippen LogP contribution in [-0.2, 0) is 12.1 Å². The molecule has 1 aliphatic heterocycles. The van der Waals surface area contributed by atoms with Gasteiger partial charge in [0.1, 0.15) is 16.7 Å². The number of benzene rings is 1. The summed E-state index contributed by atoms with van der Waals surface area (Å²) in [5.41, 5.74) is 14.3. The van der Waals surface area contributed by atoms with Crippen molar-refractivity contribution in [2.45, 2.75) is 52.3 Å². The predicted octanol–water partition coefficient (Wildman–Crippen LogP) is 3.12. The standard InChI is InChI=1S/C21H30FN5OS/c1-6-21(4,28)14-8-7-13(15(22)9-14)10-27-19(24)18-17(26-5)16(20(25)29-18)11(2)12(3)23/h7-9,12,25-26,28H,6,10,23H2,1-5H3,(H2,24,27)/b16-11-,25-20?. The van der Waals surface area contributed by atoms with Crippen LogP contribution in [0.1, 0.15) is 45.2 Å². The van der Waals surface area contributed by atoms with Crippen molar-refractivity contribution in [1.82, 2.24) is 5.32 Å². The van der Waals surface area contributed by atoms with Crippen LogP contribution in [-0.4, -0.2) is 29.1 Å². The Morgan fingerprint density at radius 2 is 2.10 bits per heavy atom. The average molecular weight is 420 g/mol. The van der Waals surface area contributed by atoms with Gasteiger partial charge in [0.2, 0.25) is 0 Å². The molecule has 0 fully saturated rings. The van der Waals surface area contributed by atoms with Crippen LogP contribution >= 0.6 is 11.8 Å². The van der Waals surface area contributed by atoms with Crippen molar-refractivity contribution in [2.24, 2.45) is 16.5 Å². The molecule has 0 saturated heterocycles. The number of hydrogen-bond acceptors (Lipinski definition) is 6. The zero-order valence-corrected chi connectivity index (χ0v) is 18.4. The molecule has 0 spiro atoms. The Hall–Kier alpha value is -2.16. The first-order valence-corrected chi connectivity index (χ1v) is 10.3. The second-order valence-corrected chi connectivity index (χ2v) is 8.39. The molecule has 7 N–H and O–H groups in total. The number of allylic oxidation sites excluding steroid dienone is 1. The van der Waals surface area contributed by atoms with Gasteiger partial charge in [0.25, 0.3) is 0 Å². The third-order valence-corrected chi connectivity index (χ3v) is 6.28. The van der Waals surface area contributed by atoms with E-state index in [9.17, 15) is 9.50 Å². The van der Waals surface area contributed by atoms with Gasteiger partial charge in [0, 0.05) is 24.2 Å². The molecule has 158 valence electrons. The largest absolute Gasteiger partial charge is 0.387 e. The van der Waals surface area contributed by atoms with Gasteiger partial charge in [-0.1, -0.05) is 30.8 Å². The van der Waals surface area contributed by atoms with Gasteiger partial charge < -0.3 is 21.9 Å². The average Bonchev–Trinajstić information content (AvgIpc) is 3.02. The molecule has 0 amide bonds. The van der Waals surface area contributed by atoms with Crippen molar-refractivity contribution in [2.75, 3.05) is 7.05 Å². The zero-order chi connectivity index (χ0) is 21.9. The minimum atomic E-state index is -1.07. The van der Waals surface area contributed by atoms with Crippen LogP contribution in [0.25, 0.3) is 0 Å². The second-order valence-electron chi connectivity index (χ2n) is 7.37. The highest BCUT2D eigenvalue weighted by atomic mass is 32.2. The highest BCUT2D eigenvalue weighted by Crippen LogP contribution is 2.38. The Bertz CT molecular complexity index is 902. The van der Waals surface area contributed by atoms with E-state index in [0.717, 1.165) is 11.1 Å². The quantitative estimate of drug-likeness (QED) is 0.343. The Kier molecular flexibility index (Phi) is 7.26. The Balaban J connectivity index is 2.33. The zero-order valence-electron chi connectivity index (χ0n) is 17.6. The molecule has 1 aromatic carbocycles. The molecule has 1 heterocycles. The molecular weight excluding hydrogens is 389 g/mol. The van der Waals surface area contributed by atoms with Gasteiger partial charge in [-0.2, -0.15) is 0 Å². The maximum atomic E-state index is 14.5. The maximum Gasteiger partial charge on any atom is 0.135 e. The summed E-state index contributed by atoms with van der Waals surface area (Å²) >= 11 is 1.21. The highest BCUT2D eigenvalue weighted by molar-refractivity contribution is 8.18. The normalized spacial score (nSPS) is 20.0. The van der Waals surface area contributed by atoms with Gasteiger partial charge in [0.05, 0.1) is 22.7 Å². The fourth-order valence-corrected chi connectivity index (χ4v) is 3.96. The minimum Gasteiger partial charge on any atom is -0.387 e. The fraction of sp³-hybridized carbons (Fsp3) is 0.429. The third kappa shape index (κ3) is 4.88. The van der Waals surface area contributed by atoms with E-state index < -0.39 is 11.4 Å². The van der Waals surface area contributed by atoms with Gasteiger partial charge in [-0.05, 0) is 44.4 Å². The molecule has 0 bridgehead atoms. The number of likely N-dealkylation sites (N-methyl/N-ethyl adjacent to an activating group) is 1. The number of aliphatic hydroxyl groups is 1. The van der Waals surface area contributed by atoms with Crippen LogP contribution in [0.2, 0.25) is 0 Å². The molecule has 2 rings (SSSR count). The second kappa shape index (κ2) is 9.11. The van der Waals surface area contributed by atoms with Gasteiger partial charge in [0.15, 0.2) is 0 Å². The summed E-state index contributed by atoms with van der Waals surface area (Å²) < 4.78 is 14.5. The molecule has 1 aliphatic rings. The molecular formula is C21H30FN5OS. The molecule has 1 aromatic rings. The molecule has 0 saturated carbocycles. The van der Waals surface area contributed by atoms with E-state index in [1.54, 1.807) is 26.1 Å². The number of nitrogens with two attached hydrogens (primary N) is 2. The number of amidine groups is 1. The van der Waals surface area contributed by atoms with Crippen LogP contribution in [0.15, 0.2) is 44.9 Å². The lowest BCUT2D eigenvalue weighted by atomic mass is 9.92. The van der Waals surface area contributed by atoms with E-state index in [-0.39, 0.29) is 18.4 Å². The molecule has 2 unspecified atom stereocenters. The summed E-state index contributed by atoms with van der Waals surface area (Å²) in [6.07, 6.45) is 0.484. The van der Waals surface area contributed by atoms with Crippen LogP contribution in [0, 0.1) is 11.2 Å². The van der Waals surface area contributed by atoms with Crippen molar-refractivity contribution < 1.29 is 9.50 Å². The van der Waals surface area contributed by atoms with Crippen molar-refractivity contribution in [3.05, 3.63) is 56.9 Å². The van der Waals surface area contributed by atoms with Crippen molar-refractivity contribution in [3.8, 4) is 0 Å². The highest BCUT2D eigenvalue weighted by Gasteiger charge is 2.29. The van der Waals surface area contributed by atoms with Crippen LogP contribution in [0.3, 0.4) is 0 Å². The summed E-state index contributed by atoms with van der Waals surface area (Å²) in [6.45, 7) is 7.32. The topological polar surface area (TPSA) is 121 Å². The smallest absolute Gasteiger partial charge is 0.135 e. The fourth-order valence-electron chi connectivity index (χ4n) is 2.91. The Labute approximate surface area is 175 Å². The summed E-state index contributed by atoms with van der Waals surface area (Å²) in [7, 11) is 1.76. The van der Waals surface area contributed by atoms with Gasteiger partial charge in [-0.3, -0.25) is 10.4 Å². The molecule has 29 heavy (non-hydrogen) atoms. The predicted molar refractivity (Wildman–Crippen MR) is 119 cm³/mol. The van der Waals surface area contributed by atoms with E-state index in [1.807, 2.05) is 20.8 Å². The Morgan fingerprint density at radius 3 is 2.62 bits per heavy atom. The summed E-state index contributed by atoms with van der Waals surface area (Å²) in [5.74, 6) is -0.198. The number of hydrogen-bond donors (Lipinski definition) is 5. The molecule has 6 nitrogen and oxygen atoms in total. The van der Waals surface area contributed by atoms with Crippen LogP contribution < -0.4 is 16.8 Å². The third-order valence-electron chi connectivity index (χ3n) is 5.25. The number of nitrogens with zero attached hydrogens (tertiary/aromatic N) is 1. The molecule has 0 aromatic heterocycles. The summed E-state index contributed by atoms with van der Waals surface area (Å²) in [4.78, 5) is 4.98. The molecule has 0 radical (unpaired) electrons. The first-order chi connectivity index (χ1) is 13.5. The first kappa shape index (κ1) is 23.1. The first-order valence-electron chi connectivity index (χ1n) is 9.50. The lowest BCUT2D eigenvalue weighted by molar-refractivity contribution is 0.0527. The van der Waals surface area contributed by atoms with E-state index in [1.165, 1.54) is 17.8 Å². The SMILES string of the molecule is CCC(C)(O)c1ccc(CN=C(N)C2=C(NC)/C(=C(\C)C(C)N)C(=N)S2)c(F)c1. The number of halogens is 1. The van der Waals surface area contributed by atoms with Gasteiger partial charge >= 0.3 is 0 Å². The lowest BCUT2D eigenvalue weighted by Gasteiger charge is -2.22. The summed E-state index contributed by atoms with van der Waals surface area (Å²) in [5, 5.41) is 22.0. The van der Waals surface area contributed by atoms with E-state index in [2.05, 4.69) is 10.3 Å². The lowest BCUT2D eigenvalue weighted by Crippen LogP contribution is -2.22. The van der Waals surface area contributed by atoms with Crippen molar-refractivity contribution in [3.63, 3.8) is 0 Å². The molecule has 2 atom stereocenters. The maximum absolute atomic E-state index is 14.5. The Morgan fingerprint density at radius 1 is 1.45 bits per heavy atom. The van der Waals surface area contributed by atoms with Crippen molar-refractivity contribution in [1.29, 1.82) is 5.41 Å². The van der Waals surface area contributed by atoms with Gasteiger partial charge in [-0.25, -0.2) is 4.39 Å². The van der Waals surface area contributed by atoms with E-state index in [0.29, 0.717) is 33.2 Å².